The van der Waals surface area contributed by atoms with Gasteiger partial charge in [0, 0.05) is 6.54 Å². The number of nitrogens with one attached hydrogen (secondary N) is 2. The molecule has 144 valence electrons. The third kappa shape index (κ3) is 6.43. The highest BCUT2D eigenvalue weighted by atomic mass is 16.5. The van der Waals surface area contributed by atoms with Crippen molar-refractivity contribution >= 4 is 17.4 Å². The van der Waals surface area contributed by atoms with Crippen molar-refractivity contribution in [1.29, 1.82) is 0 Å². The molecular formula is C23H25N3O2. The van der Waals surface area contributed by atoms with Crippen LogP contribution < -0.4 is 15.4 Å². The van der Waals surface area contributed by atoms with Gasteiger partial charge in [-0.05, 0) is 49.6 Å². The number of carbonyl (C=O) groups is 1. The van der Waals surface area contributed by atoms with Crippen molar-refractivity contribution < 1.29 is 9.53 Å². The number of amides is 1. The Morgan fingerprint density at radius 3 is 2.50 bits per heavy atom. The third-order valence-electron chi connectivity index (χ3n) is 4.23. The van der Waals surface area contributed by atoms with E-state index in [1.165, 1.54) is 5.56 Å². The van der Waals surface area contributed by atoms with E-state index < -0.39 is 0 Å². The minimum absolute atomic E-state index is 0.0391. The zero-order valence-electron chi connectivity index (χ0n) is 16.0. The van der Waals surface area contributed by atoms with Crippen LogP contribution in [0.5, 0.6) is 5.75 Å². The first-order valence-electron chi connectivity index (χ1n) is 9.42. The molecule has 3 rings (SSSR count). The number of aryl methyl sites for hydroxylation is 2. The molecule has 2 aromatic carbocycles. The summed E-state index contributed by atoms with van der Waals surface area (Å²) in [6.45, 7) is 2.81. The first-order valence-corrected chi connectivity index (χ1v) is 9.42. The molecular weight excluding hydrogens is 350 g/mol. The fraction of sp³-hybridized carbons (Fsp3) is 0.217. The largest absolute Gasteiger partial charge is 0.484 e. The zero-order valence-corrected chi connectivity index (χ0v) is 16.0. The fourth-order valence-electron chi connectivity index (χ4n) is 2.71. The Kier molecular flexibility index (Phi) is 7.01. The van der Waals surface area contributed by atoms with Gasteiger partial charge in [-0.3, -0.25) is 4.79 Å². The van der Waals surface area contributed by atoms with E-state index in [4.69, 9.17) is 4.74 Å². The van der Waals surface area contributed by atoms with Crippen LogP contribution in [0.25, 0.3) is 0 Å². The third-order valence-corrected chi connectivity index (χ3v) is 4.23. The van der Waals surface area contributed by atoms with Gasteiger partial charge in [0.2, 0.25) is 0 Å². The van der Waals surface area contributed by atoms with Crippen LogP contribution in [0.3, 0.4) is 0 Å². The lowest BCUT2D eigenvalue weighted by Gasteiger charge is -2.09. The predicted molar refractivity (Wildman–Crippen MR) is 113 cm³/mol. The summed E-state index contributed by atoms with van der Waals surface area (Å²) in [5.41, 5.74) is 3.13. The summed E-state index contributed by atoms with van der Waals surface area (Å²) in [5, 5.41) is 6.08. The lowest BCUT2D eigenvalue weighted by atomic mass is 10.1. The lowest BCUT2D eigenvalue weighted by Crippen LogP contribution is -2.20. The molecule has 0 fully saturated rings. The highest BCUT2D eigenvalue weighted by Gasteiger charge is 2.04. The van der Waals surface area contributed by atoms with Crippen LogP contribution in [-0.2, 0) is 11.2 Å². The number of ether oxygens (including phenoxy) is 1. The Balaban J connectivity index is 1.37. The van der Waals surface area contributed by atoms with Gasteiger partial charge in [-0.2, -0.15) is 0 Å². The Hall–Kier alpha value is -3.34. The SMILES string of the molecule is Cc1ccc(OCC(=O)Nc2ccc(NCCCc3ccccc3)nc2)cc1. The number of benzene rings is 2. The minimum atomic E-state index is -0.217. The number of nitrogens with zero attached hydrogens (tertiary/aromatic N) is 1. The van der Waals surface area contributed by atoms with Crippen LogP contribution in [0.2, 0.25) is 0 Å². The second kappa shape index (κ2) is 10.1. The number of rotatable bonds is 9. The molecule has 1 amide bonds. The van der Waals surface area contributed by atoms with E-state index >= 15 is 0 Å². The van der Waals surface area contributed by atoms with E-state index in [9.17, 15) is 4.79 Å². The number of hydrogen-bond acceptors (Lipinski definition) is 4. The van der Waals surface area contributed by atoms with E-state index in [0.717, 1.165) is 30.8 Å². The fourth-order valence-corrected chi connectivity index (χ4v) is 2.71. The molecule has 5 heteroatoms. The van der Waals surface area contributed by atoms with Crippen molar-refractivity contribution in [2.24, 2.45) is 0 Å². The lowest BCUT2D eigenvalue weighted by molar-refractivity contribution is -0.118. The number of aromatic nitrogens is 1. The van der Waals surface area contributed by atoms with Crippen LogP contribution in [0.15, 0.2) is 72.9 Å². The maximum Gasteiger partial charge on any atom is 0.262 e. The van der Waals surface area contributed by atoms with Crippen molar-refractivity contribution in [2.45, 2.75) is 19.8 Å². The van der Waals surface area contributed by atoms with Crippen LogP contribution >= 0.6 is 0 Å². The molecule has 1 aromatic heterocycles. The first kappa shape index (κ1) is 19.4. The topological polar surface area (TPSA) is 63.2 Å². The van der Waals surface area contributed by atoms with E-state index in [2.05, 4.69) is 39.9 Å². The monoisotopic (exact) mass is 375 g/mol. The van der Waals surface area contributed by atoms with Crippen molar-refractivity contribution in [3.8, 4) is 5.75 Å². The summed E-state index contributed by atoms with van der Waals surface area (Å²) in [6.07, 6.45) is 3.70. The van der Waals surface area contributed by atoms with Crippen LogP contribution in [0.1, 0.15) is 17.5 Å². The standard InChI is InChI=1S/C23H25N3O2/c1-18-9-12-21(13-10-18)28-17-23(27)26-20-11-14-22(25-16-20)24-15-5-8-19-6-3-2-4-7-19/h2-4,6-7,9-14,16H,5,8,15,17H2,1H3,(H,24,25)(H,26,27). The first-order chi connectivity index (χ1) is 13.7. The molecule has 0 spiro atoms. The second-order valence-electron chi connectivity index (χ2n) is 6.60. The molecule has 0 radical (unpaired) electrons. The summed E-state index contributed by atoms with van der Waals surface area (Å²) in [5.74, 6) is 1.25. The predicted octanol–water partition coefficient (Wildman–Crippen LogP) is 4.45. The number of anilines is 2. The molecule has 0 saturated carbocycles. The second-order valence-corrected chi connectivity index (χ2v) is 6.60. The Bertz CT molecular complexity index is 863. The molecule has 1 heterocycles. The number of hydrogen-bond donors (Lipinski definition) is 2. The summed E-state index contributed by atoms with van der Waals surface area (Å²) >= 11 is 0. The molecule has 0 aliphatic carbocycles. The molecule has 0 unspecified atom stereocenters. The van der Waals surface area contributed by atoms with Crippen LogP contribution in [0, 0.1) is 6.92 Å². The summed E-state index contributed by atoms with van der Waals surface area (Å²) in [4.78, 5) is 16.3. The van der Waals surface area contributed by atoms with E-state index in [1.54, 1.807) is 6.20 Å². The van der Waals surface area contributed by atoms with Crippen molar-refractivity contribution in [2.75, 3.05) is 23.8 Å². The maximum atomic E-state index is 12.0. The van der Waals surface area contributed by atoms with Gasteiger partial charge in [-0.15, -0.1) is 0 Å². The molecule has 0 saturated heterocycles. The quantitative estimate of drug-likeness (QED) is 0.542. The van der Waals surface area contributed by atoms with Crippen molar-refractivity contribution in [3.05, 3.63) is 84.1 Å². The average molecular weight is 375 g/mol. The van der Waals surface area contributed by atoms with Gasteiger partial charge < -0.3 is 15.4 Å². The van der Waals surface area contributed by atoms with E-state index in [1.807, 2.05) is 49.4 Å². The molecule has 2 N–H and O–H groups in total. The molecule has 0 atom stereocenters. The van der Waals surface area contributed by atoms with Gasteiger partial charge >= 0.3 is 0 Å². The van der Waals surface area contributed by atoms with Crippen molar-refractivity contribution in [1.82, 2.24) is 4.98 Å². The molecule has 0 aliphatic heterocycles. The molecule has 0 aliphatic rings. The number of pyridine rings is 1. The Morgan fingerprint density at radius 2 is 1.79 bits per heavy atom. The van der Waals surface area contributed by atoms with Gasteiger partial charge in [0.1, 0.15) is 11.6 Å². The maximum absolute atomic E-state index is 12.0. The molecule has 28 heavy (non-hydrogen) atoms. The van der Waals surface area contributed by atoms with E-state index in [0.29, 0.717) is 11.4 Å². The van der Waals surface area contributed by atoms with E-state index in [-0.39, 0.29) is 12.5 Å². The molecule has 0 bridgehead atoms. The van der Waals surface area contributed by atoms with Gasteiger partial charge in [0.15, 0.2) is 6.61 Å². The minimum Gasteiger partial charge on any atom is -0.484 e. The highest BCUT2D eigenvalue weighted by Crippen LogP contribution is 2.13. The summed E-state index contributed by atoms with van der Waals surface area (Å²) in [6, 6.07) is 21.7. The van der Waals surface area contributed by atoms with Gasteiger partial charge in [0.25, 0.3) is 5.91 Å². The summed E-state index contributed by atoms with van der Waals surface area (Å²) < 4.78 is 5.48. The Morgan fingerprint density at radius 1 is 1.00 bits per heavy atom. The molecule has 5 nitrogen and oxygen atoms in total. The van der Waals surface area contributed by atoms with Gasteiger partial charge in [-0.25, -0.2) is 4.98 Å². The zero-order chi connectivity index (χ0) is 19.6. The van der Waals surface area contributed by atoms with Gasteiger partial charge in [-0.1, -0.05) is 48.0 Å². The van der Waals surface area contributed by atoms with Gasteiger partial charge in [0.05, 0.1) is 11.9 Å². The van der Waals surface area contributed by atoms with Crippen LogP contribution in [0.4, 0.5) is 11.5 Å². The number of carbonyl (C=O) groups excluding carboxylic acids is 1. The van der Waals surface area contributed by atoms with Crippen molar-refractivity contribution in [3.63, 3.8) is 0 Å². The van der Waals surface area contributed by atoms with Crippen LogP contribution in [-0.4, -0.2) is 24.0 Å². The summed E-state index contributed by atoms with van der Waals surface area (Å²) in [7, 11) is 0. The normalized spacial score (nSPS) is 10.3. The molecule has 3 aromatic rings. The highest BCUT2D eigenvalue weighted by molar-refractivity contribution is 5.91. The average Bonchev–Trinajstić information content (AvgIpc) is 2.73. The Labute approximate surface area is 165 Å². The smallest absolute Gasteiger partial charge is 0.262 e.